The lowest BCUT2D eigenvalue weighted by atomic mass is 10.4. The second-order valence-corrected chi connectivity index (χ2v) is 10.8. The van der Waals surface area contributed by atoms with Crippen LogP contribution in [-0.4, -0.2) is 12.8 Å². The van der Waals surface area contributed by atoms with Crippen LogP contribution in [0.3, 0.4) is 0 Å². The maximum absolute atomic E-state index is 6.57. The Labute approximate surface area is 176 Å². The van der Waals surface area contributed by atoms with Crippen molar-refractivity contribution in [1.82, 2.24) is 0 Å². The molecular weight excluding hydrogens is 390 g/mol. The van der Waals surface area contributed by atoms with Gasteiger partial charge in [-0.2, -0.15) is 0 Å². The summed E-state index contributed by atoms with van der Waals surface area (Å²) in [6.45, 7) is 0.741. The minimum Gasteiger partial charge on any atom is -0.349 e. The van der Waals surface area contributed by atoms with E-state index in [1.54, 1.807) is 0 Å². The molecule has 0 radical (unpaired) electrons. The Morgan fingerprint density at radius 3 is 1.17 bits per heavy atom. The van der Waals surface area contributed by atoms with Gasteiger partial charge < -0.3 is 4.52 Å². The Hall–Kier alpha value is -2.30. The minimum absolute atomic E-state index is 0.434. The van der Waals surface area contributed by atoms with Crippen molar-refractivity contribution in [2.45, 2.75) is 0 Å². The van der Waals surface area contributed by atoms with Crippen LogP contribution in [0.15, 0.2) is 121 Å². The lowest BCUT2D eigenvalue weighted by Crippen LogP contribution is -2.18. The largest absolute Gasteiger partial charge is 0.349 e. The van der Waals surface area contributed by atoms with Gasteiger partial charge in [0.05, 0.1) is 14.8 Å². The molecule has 0 unspecified atom stereocenters. The van der Waals surface area contributed by atoms with Gasteiger partial charge >= 0.3 is 0 Å². The summed E-state index contributed by atoms with van der Waals surface area (Å²) in [6, 6.07) is 42.9. The molecule has 4 aromatic carbocycles. The Morgan fingerprint density at radius 2 is 0.793 bits per heavy atom. The maximum atomic E-state index is 6.57. The average Bonchev–Trinajstić information content (AvgIpc) is 2.81. The van der Waals surface area contributed by atoms with Gasteiger partial charge in [-0.1, -0.05) is 121 Å². The SMILES string of the molecule is c1ccc(P(CCOP(c2ccccc2)c2ccccc2)c2ccccc2)cc1. The molecule has 0 aromatic heterocycles. The molecular formula is C26H24OP2. The van der Waals surface area contributed by atoms with Crippen molar-refractivity contribution in [2.75, 3.05) is 12.8 Å². The van der Waals surface area contributed by atoms with E-state index in [0.717, 1.165) is 12.8 Å². The first-order valence-electron chi connectivity index (χ1n) is 9.82. The first-order chi connectivity index (χ1) is 14.4. The van der Waals surface area contributed by atoms with Crippen LogP contribution in [0.4, 0.5) is 0 Å². The van der Waals surface area contributed by atoms with Crippen molar-refractivity contribution >= 4 is 37.3 Å². The van der Waals surface area contributed by atoms with E-state index in [1.165, 1.54) is 21.2 Å². The van der Waals surface area contributed by atoms with Crippen molar-refractivity contribution in [1.29, 1.82) is 0 Å². The van der Waals surface area contributed by atoms with E-state index < -0.39 is 16.1 Å². The molecule has 3 heteroatoms. The quantitative estimate of drug-likeness (QED) is 0.361. The Bertz CT molecular complexity index is 814. The molecule has 0 heterocycles. The summed E-state index contributed by atoms with van der Waals surface area (Å²) >= 11 is 0. The number of benzene rings is 4. The van der Waals surface area contributed by atoms with E-state index in [2.05, 4.69) is 121 Å². The molecule has 29 heavy (non-hydrogen) atoms. The molecule has 4 aromatic rings. The van der Waals surface area contributed by atoms with E-state index in [1.807, 2.05) is 0 Å². The van der Waals surface area contributed by atoms with Gasteiger partial charge in [0, 0.05) is 10.6 Å². The fourth-order valence-electron chi connectivity index (χ4n) is 3.27. The van der Waals surface area contributed by atoms with Crippen LogP contribution in [0.25, 0.3) is 0 Å². The van der Waals surface area contributed by atoms with Gasteiger partial charge in [-0.05, 0) is 24.7 Å². The second-order valence-electron chi connectivity index (χ2n) is 6.62. The topological polar surface area (TPSA) is 9.23 Å². The van der Waals surface area contributed by atoms with Crippen molar-refractivity contribution in [3.8, 4) is 0 Å². The van der Waals surface area contributed by atoms with E-state index in [0.29, 0.717) is 0 Å². The molecule has 1 nitrogen and oxygen atoms in total. The summed E-state index contributed by atoms with van der Waals surface area (Å²) in [4.78, 5) is 0. The minimum atomic E-state index is -0.809. The molecule has 0 saturated heterocycles. The maximum Gasteiger partial charge on any atom is 0.0917 e. The monoisotopic (exact) mass is 414 g/mol. The molecule has 144 valence electrons. The van der Waals surface area contributed by atoms with Gasteiger partial charge in [-0.25, -0.2) is 0 Å². The van der Waals surface area contributed by atoms with Crippen LogP contribution in [0.2, 0.25) is 0 Å². The van der Waals surface area contributed by atoms with Crippen LogP contribution < -0.4 is 21.2 Å². The van der Waals surface area contributed by atoms with Gasteiger partial charge in [0.1, 0.15) is 0 Å². The third kappa shape index (κ3) is 5.40. The molecule has 0 amide bonds. The van der Waals surface area contributed by atoms with E-state index in [4.69, 9.17) is 4.52 Å². The Kier molecular flexibility index (Phi) is 7.22. The molecule has 0 aliphatic rings. The van der Waals surface area contributed by atoms with Gasteiger partial charge in [0.15, 0.2) is 0 Å². The van der Waals surface area contributed by atoms with Gasteiger partial charge in [0.25, 0.3) is 0 Å². The van der Waals surface area contributed by atoms with Gasteiger partial charge in [-0.15, -0.1) is 0 Å². The predicted octanol–water partition coefficient (Wildman–Crippen LogP) is 5.18. The summed E-state index contributed by atoms with van der Waals surface area (Å²) in [5.41, 5.74) is 0. The molecule has 0 bridgehead atoms. The zero-order valence-corrected chi connectivity index (χ0v) is 18.1. The normalized spacial score (nSPS) is 11.1. The lowest BCUT2D eigenvalue weighted by molar-refractivity contribution is 0.391. The molecule has 0 atom stereocenters. The number of rotatable bonds is 8. The first-order valence-corrected chi connectivity index (χ1v) is 12.6. The zero-order valence-electron chi connectivity index (χ0n) is 16.3. The lowest BCUT2D eigenvalue weighted by Gasteiger charge is -2.22. The van der Waals surface area contributed by atoms with E-state index >= 15 is 0 Å². The molecule has 0 N–H and O–H groups in total. The summed E-state index contributed by atoms with van der Waals surface area (Å²) < 4.78 is 6.57. The second kappa shape index (κ2) is 10.5. The third-order valence-electron chi connectivity index (χ3n) is 4.65. The molecule has 0 aliphatic carbocycles. The van der Waals surface area contributed by atoms with E-state index in [-0.39, 0.29) is 0 Å². The first kappa shape index (κ1) is 20.0. The standard InChI is InChI=1S/C26H24OP2/c1-5-13-23(14-6-1)28(24-15-7-2-8-16-24)22-21-27-29(25-17-9-3-10-18-25)26-19-11-4-12-20-26/h1-20H,21-22H2. The van der Waals surface area contributed by atoms with Crippen LogP contribution in [-0.2, 0) is 4.52 Å². The molecule has 4 rings (SSSR count). The highest BCUT2D eigenvalue weighted by Gasteiger charge is 2.18. The fraction of sp³-hybridized carbons (Fsp3) is 0.0769. The molecule has 0 saturated carbocycles. The third-order valence-corrected chi connectivity index (χ3v) is 9.10. The number of hydrogen-bond donors (Lipinski definition) is 0. The van der Waals surface area contributed by atoms with Crippen LogP contribution in [0.5, 0.6) is 0 Å². The number of hydrogen-bond acceptors (Lipinski definition) is 1. The average molecular weight is 414 g/mol. The molecule has 0 fully saturated rings. The van der Waals surface area contributed by atoms with Crippen LogP contribution in [0.1, 0.15) is 0 Å². The van der Waals surface area contributed by atoms with Gasteiger partial charge in [0.2, 0.25) is 0 Å². The van der Waals surface area contributed by atoms with Crippen molar-refractivity contribution in [3.63, 3.8) is 0 Å². The highest BCUT2D eigenvalue weighted by atomic mass is 31.1. The molecule has 0 aliphatic heterocycles. The summed E-state index contributed by atoms with van der Waals surface area (Å²) in [7, 11) is -1.24. The predicted molar refractivity (Wildman–Crippen MR) is 129 cm³/mol. The van der Waals surface area contributed by atoms with Crippen LogP contribution >= 0.6 is 16.1 Å². The highest BCUT2D eigenvalue weighted by Crippen LogP contribution is 2.38. The van der Waals surface area contributed by atoms with Crippen molar-refractivity contribution in [2.24, 2.45) is 0 Å². The van der Waals surface area contributed by atoms with Gasteiger partial charge in [-0.3, -0.25) is 0 Å². The summed E-state index contributed by atoms with van der Waals surface area (Å²) in [5, 5.41) is 5.33. The fourth-order valence-corrected chi connectivity index (χ4v) is 7.32. The Balaban J connectivity index is 1.53. The Morgan fingerprint density at radius 1 is 0.448 bits per heavy atom. The van der Waals surface area contributed by atoms with E-state index in [9.17, 15) is 0 Å². The highest BCUT2D eigenvalue weighted by molar-refractivity contribution is 7.73. The van der Waals surface area contributed by atoms with Crippen molar-refractivity contribution in [3.05, 3.63) is 121 Å². The van der Waals surface area contributed by atoms with Crippen molar-refractivity contribution < 1.29 is 4.52 Å². The molecule has 0 spiro atoms. The zero-order chi connectivity index (χ0) is 19.7. The van der Waals surface area contributed by atoms with Crippen LogP contribution in [0, 0.1) is 0 Å². The summed E-state index contributed by atoms with van der Waals surface area (Å²) in [5.74, 6) is 0. The summed E-state index contributed by atoms with van der Waals surface area (Å²) in [6.07, 6.45) is 1.02. The smallest absolute Gasteiger partial charge is 0.0917 e.